The predicted octanol–water partition coefficient (Wildman–Crippen LogP) is 2.64. The highest BCUT2D eigenvalue weighted by Crippen LogP contribution is 2.34. The van der Waals surface area contributed by atoms with Crippen molar-refractivity contribution in [3.05, 3.63) is 41.0 Å². The average molecular weight is 260 g/mol. The quantitative estimate of drug-likeness (QED) is 0.903. The number of hydrogen-bond donors (Lipinski definition) is 1. The van der Waals surface area contributed by atoms with Gasteiger partial charge in [-0.15, -0.1) is 0 Å². The standard InChI is InChI=1S/C14H13FN2O2/c1-8-7-9(15)4-5-10(8)12-11-3-2-6-17(11)16-13(12)14(18)19/h4-5,7H,2-3,6H2,1H3,(H,18,19). The van der Waals surface area contributed by atoms with Crippen LogP contribution in [0, 0.1) is 12.7 Å². The molecule has 1 N–H and O–H groups in total. The first-order chi connectivity index (χ1) is 9.08. The van der Waals surface area contributed by atoms with Crippen molar-refractivity contribution in [2.45, 2.75) is 26.3 Å². The van der Waals surface area contributed by atoms with Gasteiger partial charge in [-0.1, -0.05) is 6.07 Å². The molecule has 0 atom stereocenters. The zero-order valence-corrected chi connectivity index (χ0v) is 10.5. The van der Waals surface area contributed by atoms with E-state index in [9.17, 15) is 14.3 Å². The molecule has 19 heavy (non-hydrogen) atoms. The second-order valence-corrected chi connectivity index (χ2v) is 4.76. The molecule has 0 fully saturated rings. The molecule has 1 aliphatic rings. The van der Waals surface area contributed by atoms with Gasteiger partial charge in [-0.25, -0.2) is 9.18 Å². The SMILES string of the molecule is Cc1cc(F)ccc1-c1c(C(=O)O)nn2c1CCC2. The molecule has 0 saturated heterocycles. The Morgan fingerprint density at radius 3 is 2.95 bits per heavy atom. The number of benzene rings is 1. The van der Waals surface area contributed by atoms with Gasteiger partial charge in [0.2, 0.25) is 0 Å². The van der Waals surface area contributed by atoms with E-state index in [-0.39, 0.29) is 11.5 Å². The van der Waals surface area contributed by atoms with E-state index in [1.54, 1.807) is 17.7 Å². The minimum absolute atomic E-state index is 0.0596. The summed E-state index contributed by atoms with van der Waals surface area (Å²) in [6.45, 7) is 2.53. The van der Waals surface area contributed by atoms with Crippen LogP contribution in [-0.4, -0.2) is 20.9 Å². The first kappa shape index (κ1) is 11.9. The minimum Gasteiger partial charge on any atom is -0.476 e. The molecule has 2 heterocycles. The van der Waals surface area contributed by atoms with Crippen LogP contribution in [0.4, 0.5) is 4.39 Å². The second kappa shape index (κ2) is 4.19. The lowest BCUT2D eigenvalue weighted by Gasteiger charge is -2.07. The van der Waals surface area contributed by atoms with Crippen molar-refractivity contribution in [2.24, 2.45) is 0 Å². The van der Waals surface area contributed by atoms with Crippen LogP contribution in [0.2, 0.25) is 0 Å². The van der Waals surface area contributed by atoms with Gasteiger partial charge < -0.3 is 5.11 Å². The highest BCUT2D eigenvalue weighted by molar-refractivity contribution is 5.95. The van der Waals surface area contributed by atoms with Gasteiger partial charge in [0.05, 0.1) is 0 Å². The number of rotatable bonds is 2. The third kappa shape index (κ3) is 1.82. The van der Waals surface area contributed by atoms with E-state index < -0.39 is 5.97 Å². The Bertz CT molecular complexity index is 676. The Balaban J connectivity index is 2.26. The third-order valence-corrected chi connectivity index (χ3v) is 3.50. The maximum Gasteiger partial charge on any atom is 0.357 e. The highest BCUT2D eigenvalue weighted by atomic mass is 19.1. The molecule has 4 nitrogen and oxygen atoms in total. The van der Waals surface area contributed by atoms with Crippen molar-refractivity contribution < 1.29 is 14.3 Å². The average Bonchev–Trinajstić information content (AvgIpc) is 2.89. The summed E-state index contributed by atoms with van der Waals surface area (Å²) in [5.41, 5.74) is 3.12. The molecule has 1 aromatic carbocycles. The van der Waals surface area contributed by atoms with Crippen molar-refractivity contribution in [3.63, 3.8) is 0 Å². The molecule has 5 heteroatoms. The number of carboxylic acid groups (broad SMARTS) is 1. The van der Waals surface area contributed by atoms with E-state index in [4.69, 9.17) is 0 Å². The van der Waals surface area contributed by atoms with Crippen LogP contribution in [-0.2, 0) is 13.0 Å². The fraction of sp³-hybridized carbons (Fsp3) is 0.286. The zero-order chi connectivity index (χ0) is 13.6. The molecule has 2 aromatic rings. The van der Waals surface area contributed by atoms with Gasteiger partial charge in [0.15, 0.2) is 5.69 Å². The van der Waals surface area contributed by atoms with E-state index in [2.05, 4.69) is 5.10 Å². The van der Waals surface area contributed by atoms with Crippen LogP contribution in [0.15, 0.2) is 18.2 Å². The van der Waals surface area contributed by atoms with Crippen molar-refractivity contribution in [1.82, 2.24) is 9.78 Å². The maximum atomic E-state index is 13.2. The lowest BCUT2D eigenvalue weighted by atomic mass is 9.97. The second-order valence-electron chi connectivity index (χ2n) is 4.76. The molecule has 0 amide bonds. The zero-order valence-electron chi connectivity index (χ0n) is 10.5. The molecule has 0 unspecified atom stereocenters. The Morgan fingerprint density at radius 1 is 1.47 bits per heavy atom. The summed E-state index contributed by atoms with van der Waals surface area (Å²) >= 11 is 0. The van der Waals surface area contributed by atoms with Crippen LogP contribution in [0.1, 0.15) is 28.2 Å². The smallest absolute Gasteiger partial charge is 0.357 e. The summed E-state index contributed by atoms with van der Waals surface area (Å²) in [7, 11) is 0. The highest BCUT2D eigenvalue weighted by Gasteiger charge is 2.27. The van der Waals surface area contributed by atoms with Crippen LogP contribution < -0.4 is 0 Å². The van der Waals surface area contributed by atoms with E-state index in [0.29, 0.717) is 5.56 Å². The number of aromatic nitrogens is 2. The molecule has 1 aliphatic heterocycles. The topological polar surface area (TPSA) is 55.1 Å². The van der Waals surface area contributed by atoms with Crippen LogP contribution in [0.25, 0.3) is 11.1 Å². The van der Waals surface area contributed by atoms with Crippen molar-refractivity contribution in [3.8, 4) is 11.1 Å². The molecule has 3 rings (SSSR count). The van der Waals surface area contributed by atoms with Gasteiger partial charge in [0, 0.05) is 17.8 Å². The maximum absolute atomic E-state index is 13.2. The number of fused-ring (bicyclic) bond motifs is 1. The minimum atomic E-state index is -1.04. The first-order valence-corrected chi connectivity index (χ1v) is 6.17. The van der Waals surface area contributed by atoms with Crippen molar-refractivity contribution in [2.75, 3.05) is 0 Å². The molecule has 0 radical (unpaired) electrons. The van der Waals surface area contributed by atoms with Crippen molar-refractivity contribution in [1.29, 1.82) is 0 Å². The van der Waals surface area contributed by atoms with Gasteiger partial charge in [0.25, 0.3) is 0 Å². The van der Waals surface area contributed by atoms with Gasteiger partial charge in [-0.05, 0) is 43.0 Å². The summed E-state index contributed by atoms with van der Waals surface area (Å²) in [5.74, 6) is -1.36. The molecule has 1 aromatic heterocycles. The normalized spacial score (nSPS) is 13.6. The molecular formula is C14H13FN2O2. The Labute approximate surface area is 109 Å². The van der Waals surface area contributed by atoms with Gasteiger partial charge in [-0.3, -0.25) is 4.68 Å². The molecule has 0 spiro atoms. The molecule has 98 valence electrons. The van der Waals surface area contributed by atoms with Gasteiger partial charge in [0.1, 0.15) is 5.82 Å². The number of aromatic carboxylic acids is 1. The molecule has 0 aliphatic carbocycles. The lowest BCUT2D eigenvalue weighted by Crippen LogP contribution is -2.02. The van der Waals surface area contributed by atoms with Crippen molar-refractivity contribution >= 4 is 5.97 Å². The monoisotopic (exact) mass is 260 g/mol. The Hall–Kier alpha value is -2.17. The number of aryl methyl sites for hydroxylation is 2. The van der Waals surface area contributed by atoms with E-state index in [1.807, 2.05) is 0 Å². The summed E-state index contributed by atoms with van der Waals surface area (Å²) in [5, 5.41) is 13.4. The van der Waals surface area contributed by atoms with Crippen LogP contribution >= 0.6 is 0 Å². The fourth-order valence-electron chi connectivity index (χ4n) is 2.67. The largest absolute Gasteiger partial charge is 0.476 e. The van der Waals surface area contributed by atoms with E-state index in [1.165, 1.54) is 12.1 Å². The summed E-state index contributed by atoms with van der Waals surface area (Å²) in [6, 6.07) is 4.40. The number of halogens is 1. The van der Waals surface area contributed by atoms with Gasteiger partial charge >= 0.3 is 5.97 Å². The number of hydrogen-bond acceptors (Lipinski definition) is 2. The number of carboxylic acids is 1. The molecular weight excluding hydrogens is 247 g/mol. The third-order valence-electron chi connectivity index (χ3n) is 3.50. The Kier molecular flexibility index (Phi) is 2.62. The predicted molar refractivity (Wildman–Crippen MR) is 67.6 cm³/mol. The Morgan fingerprint density at radius 2 is 2.26 bits per heavy atom. The van der Waals surface area contributed by atoms with E-state index >= 15 is 0 Å². The summed E-state index contributed by atoms with van der Waals surface area (Å²) in [4.78, 5) is 11.3. The number of nitrogens with zero attached hydrogens (tertiary/aromatic N) is 2. The van der Waals surface area contributed by atoms with Gasteiger partial charge in [-0.2, -0.15) is 5.10 Å². The van der Waals surface area contributed by atoms with Crippen LogP contribution in [0.3, 0.4) is 0 Å². The fourth-order valence-corrected chi connectivity index (χ4v) is 2.67. The molecule has 0 bridgehead atoms. The summed E-state index contributed by atoms with van der Waals surface area (Å²) in [6.07, 6.45) is 1.78. The lowest BCUT2D eigenvalue weighted by molar-refractivity contribution is 0.0690. The number of carbonyl (C=O) groups is 1. The van der Waals surface area contributed by atoms with Crippen LogP contribution in [0.5, 0.6) is 0 Å². The first-order valence-electron chi connectivity index (χ1n) is 6.17. The molecule has 0 saturated carbocycles. The summed E-state index contributed by atoms with van der Waals surface area (Å²) < 4.78 is 14.9. The van der Waals surface area contributed by atoms with E-state index in [0.717, 1.165) is 36.2 Å².